The van der Waals surface area contributed by atoms with Crippen molar-refractivity contribution in [3.8, 4) is 22.4 Å². The lowest BCUT2D eigenvalue weighted by molar-refractivity contribution is 1.33. The molecule has 4 rings (SSSR count). The number of hydrogen-bond donors (Lipinski definition) is 0. The summed E-state index contributed by atoms with van der Waals surface area (Å²) in [5.41, 5.74) is 4.53. The molecule has 0 atom stereocenters. The predicted molar refractivity (Wildman–Crippen MR) is 90.4 cm³/mol. The zero-order valence-corrected chi connectivity index (χ0v) is 12.0. The number of aromatic nitrogens is 2. The Labute approximate surface area is 129 Å². The third kappa shape index (κ3) is 2.15. The standard InChI is InChI=1S/C20H14N2/c1-2-12-22-19(9-1)18-8-4-6-16-5-3-7-17(20(16)18)15-10-13-21-14-11-15/h1-14H. The summed E-state index contributed by atoms with van der Waals surface area (Å²) >= 11 is 0. The highest BCUT2D eigenvalue weighted by molar-refractivity contribution is 6.05. The van der Waals surface area contributed by atoms with Gasteiger partial charge < -0.3 is 0 Å². The van der Waals surface area contributed by atoms with Gasteiger partial charge in [0, 0.05) is 24.2 Å². The Morgan fingerprint density at radius 2 is 1.36 bits per heavy atom. The van der Waals surface area contributed by atoms with Gasteiger partial charge >= 0.3 is 0 Å². The summed E-state index contributed by atoms with van der Waals surface area (Å²) in [6.07, 6.45) is 5.50. The minimum absolute atomic E-state index is 0.995. The maximum Gasteiger partial charge on any atom is 0.0708 e. The van der Waals surface area contributed by atoms with Crippen LogP contribution in [0.25, 0.3) is 33.2 Å². The lowest BCUT2D eigenvalue weighted by atomic mass is 9.93. The Morgan fingerprint density at radius 1 is 0.591 bits per heavy atom. The zero-order valence-electron chi connectivity index (χ0n) is 12.0. The van der Waals surface area contributed by atoms with E-state index in [1.807, 2.05) is 42.9 Å². The largest absolute Gasteiger partial charge is 0.265 e. The van der Waals surface area contributed by atoms with E-state index >= 15 is 0 Å². The van der Waals surface area contributed by atoms with Crippen molar-refractivity contribution in [2.45, 2.75) is 0 Å². The van der Waals surface area contributed by atoms with E-state index in [1.54, 1.807) is 0 Å². The number of fused-ring (bicyclic) bond motifs is 1. The average Bonchev–Trinajstić information content (AvgIpc) is 2.62. The molecule has 104 valence electrons. The van der Waals surface area contributed by atoms with E-state index in [4.69, 9.17) is 0 Å². The van der Waals surface area contributed by atoms with Crippen LogP contribution in [0.5, 0.6) is 0 Å². The molecule has 0 radical (unpaired) electrons. The van der Waals surface area contributed by atoms with Crippen LogP contribution in [0.15, 0.2) is 85.3 Å². The highest BCUT2D eigenvalue weighted by Crippen LogP contribution is 2.35. The first-order chi connectivity index (χ1) is 10.9. The first kappa shape index (κ1) is 12.7. The molecular weight excluding hydrogens is 268 g/mol. The van der Waals surface area contributed by atoms with Crippen LogP contribution < -0.4 is 0 Å². The summed E-state index contributed by atoms with van der Waals surface area (Å²) in [7, 11) is 0. The van der Waals surface area contributed by atoms with Gasteiger partial charge in [0.1, 0.15) is 0 Å². The van der Waals surface area contributed by atoms with Crippen LogP contribution in [0.1, 0.15) is 0 Å². The summed E-state index contributed by atoms with van der Waals surface area (Å²) in [5, 5.41) is 2.45. The van der Waals surface area contributed by atoms with Gasteiger partial charge in [-0.15, -0.1) is 0 Å². The number of pyridine rings is 2. The maximum atomic E-state index is 4.52. The first-order valence-electron chi connectivity index (χ1n) is 7.27. The van der Waals surface area contributed by atoms with Crippen LogP contribution in [0, 0.1) is 0 Å². The van der Waals surface area contributed by atoms with E-state index in [0.717, 1.165) is 11.3 Å². The molecule has 0 fully saturated rings. The second-order valence-electron chi connectivity index (χ2n) is 5.16. The number of benzene rings is 2. The normalized spacial score (nSPS) is 10.7. The molecule has 22 heavy (non-hydrogen) atoms. The number of hydrogen-bond acceptors (Lipinski definition) is 2. The van der Waals surface area contributed by atoms with Crippen molar-refractivity contribution >= 4 is 10.8 Å². The zero-order chi connectivity index (χ0) is 14.8. The number of rotatable bonds is 2. The molecule has 2 aromatic heterocycles. The van der Waals surface area contributed by atoms with Gasteiger partial charge in [0.2, 0.25) is 0 Å². The minimum Gasteiger partial charge on any atom is -0.265 e. The Kier molecular flexibility index (Phi) is 3.13. The van der Waals surface area contributed by atoms with Crippen LogP contribution in [-0.4, -0.2) is 9.97 Å². The Bertz CT molecular complexity index is 842. The van der Waals surface area contributed by atoms with Gasteiger partial charge in [-0.25, -0.2) is 0 Å². The average molecular weight is 282 g/mol. The molecule has 0 bridgehead atoms. The van der Waals surface area contributed by atoms with Gasteiger partial charge in [-0.3, -0.25) is 9.97 Å². The monoisotopic (exact) mass is 282 g/mol. The van der Waals surface area contributed by atoms with Crippen LogP contribution in [0.3, 0.4) is 0 Å². The Morgan fingerprint density at radius 3 is 2.09 bits per heavy atom. The number of nitrogens with zero attached hydrogens (tertiary/aromatic N) is 2. The molecule has 0 amide bonds. The topological polar surface area (TPSA) is 25.8 Å². The van der Waals surface area contributed by atoms with E-state index in [-0.39, 0.29) is 0 Å². The second kappa shape index (κ2) is 5.41. The quantitative estimate of drug-likeness (QED) is 0.519. The molecule has 0 aliphatic carbocycles. The van der Waals surface area contributed by atoms with Crippen LogP contribution in [0.2, 0.25) is 0 Å². The molecule has 0 unspecified atom stereocenters. The summed E-state index contributed by atoms with van der Waals surface area (Å²) in [4.78, 5) is 8.64. The summed E-state index contributed by atoms with van der Waals surface area (Å²) in [5.74, 6) is 0. The van der Waals surface area contributed by atoms with Crippen LogP contribution in [0.4, 0.5) is 0 Å². The minimum atomic E-state index is 0.995. The first-order valence-corrected chi connectivity index (χ1v) is 7.27. The predicted octanol–water partition coefficient (Wildman–Crippen LogP) is 4.96. The molecule has 2 heterocycles. The maximum absolute atomic E-state index is 4.52. The van der Waals surface area contributed by atoms with E-state index in [1.165, 1.54) is 21.9 Å². The second-order valence-corrected chi connectivity index (χ2v) is 5.16. The molecule has 0 N–H and O–H groups in total. The van der Waals surface area contributed by atoms with E-state index in [9.17, 15) is 0 Å². The van der Waals surface area contributed by atoms with Crippen LogP contribution >= 0.6 is 0 Å². The summed E-state index contributed by atoms with van der Waals surface area (Å²) in [6.45, 7) is 0. The fourth-order valence-electron chi connectivity index (χ4n) is 2.85. The summed E-state index contributed by atoms with van der Waals surface area (Å²) in [6, 6.07) is 22.9. The fourth-order valence-corrected chi connectivity index (χ4v) is 2.85. The van der Waals surface area contributed by atoms with Gasteiger partial charge in [0.25, 0.3) is 0 Å². The molecule has 4 aromatic rings. The fraction of sp³-hybridized carbons (Fsp3) is 0. The van der Waals surface area contributed by atoms with Gasteiger partial charge in [0.15, 0.2) is 0 Å². The SMILES string of the molecule is c1ccc(-c2cccc3cccc(-c4ccncc4)c23)nc1. The third-order valence-corrected chi connectivity index (χ3v) is 3.84. The molecule has 2 nitrogen and oxygen atoms in total. The molecule has 0 aliphatic rings. The lowest BCUT2D eigenvalue weighted by Gasteiger charge is -2.11. The van der Waals surface area contributed by atoms with Crippen LogP contribution in [-0.2, 0) is 0 Å². The molecule has 2 heteroatoms. The highest BCUT2D eigenvalue weighted by atomic mass is 14.7. The molecule has 2 aromatic carbocycles. The third-order valence-electron chi connectivity index (χ3n) is 3.84. The van der Waals surface area contributed by atoms with Gasteiger partial charge in [-0.2, -0.15) is 0 Å². The van der Waals surface area contributed by atoms with Gasteiger partial charge in [-0.05, 0) is 46.2 Å². The van der Waals surface area contributed by atoms with Crippen molar-refractivity contribution < 1.29 is 0 Å². The molecule has 0 saturated carbocycles. The molecule has 0 aliphatic heterocycles. The molecule has 0 saturated heterocycles. The van der Waals surface area contributed by atoms with Crippen molar-refractivity contribution in [3.05, 3.63) is 85.3 Å². The molecule has 0 spiro atoms. The van der Waals surface area contributed by atoms with E-state index in [2.05, 4.69) is 52.4 Å². The van der Waals surface area contributed by atoms with E-state index < -0.39 is 0 Å². The molecular formula is C20H14N2. The highest BCUT2D eigenvalue weighted by Gasteiger charge is 2.10. The Hall–Kier alpha value is -3.00. The Balaban J connectivity index is 2.07. The lowest BCUT2D eigenvalue weighted by Crippen LogP contribution is -1.88. The van der Waals surface area contributed by atoms with Crippen molar-refractivity contribution in [2.75, 3.05) is 0 Å². The van der Waals surface area contributed by atoms with Crippen molar-refractivity contribution in [1.29, 1.82) is 0 Å². The smallest absolute Gasteiger partial charge is 0.0708 e. The van der Waals surface area contributed by atoms with Gasteiger partial charge in [-0.1, -0.05) is 42.5 Å². The van der Waals surface area contributed by atoms with Crippen molar-refractivity contribution in [1.82, 2.24) is 9.97 Å². The van der Waals surface area contributed by atoms with Gasteiger partial charge in [0.05, 0.1) is 5.69 Å². The van der Waals surface area contributed by atoms with Crippen molar-refractivity contribution in [2.24, 2.45) is 0 Å². The van der Waals surface area contributed by atoms with E-state index in [0.29, 0.717) is 0 Å². The summed E-state index contributed by atoms with van der Waals surface area (Å²) < 4.78 is 0. The van der Waals surface area contributed by atoms with Crippen molar-refractivity contribution in [3.63, 3.8) is 0 Å².